The van der Waals surface area contributed by atoms with E-state index in [1.165, 1.54) is 0 Å². The third kappa shape index (κ3) is 3.75. The standard InChI is InChI=1S/C15H21NO4S/c1-3-16(13-9-10-21(18,19)11-13)15(17)12-5-7-14(8-6-12)20-4-2/h5-8,13H,3-4,9-11H2,1-2H3/t13-/m0/s1. The zero-order valence-corrected chi connectivity index (χ0v) is 13.2. The van der Waals surface area contributed by atoms with Gasteiger partial charge in [-0.2, -0.15) is 0 Å². The molecule has 21 heavy (non-hydrogen) atoms. The summed E-state index contributed by atoms with van der Waals surface area (Å²) in [5.41, 5.74) is 0.560. The van der Waals surface area contributed by atoms with Crippen LogP contribution in [0.5, 0.6) is 5.75 Å². The molecular weight excluding hydrogens is 290 g/mol. The summed E-state index contributed by atoms with van der Waals surface area (Å²) in [7, 11) is -2.99. The summed E-state index contributed by atoms with van der Waals surface area (Å²) in [5.74, 6) is 0.845. The molecule has 0 radical (unpaired) electrons. The van der Waals surface area contributed by atoms with Gasteiger partial charge in [-0.15, -0.1) is 0 Å². The second-order valence-corrected chi connectivity index (χ2v) is 7.33. The minimum Gasteiger partial charge on any atom is -0.494 e. The van der Waals surface area contributed by atoms with Gasteiger partial charge in [0.2, 0.25) is 0 Å². The first-order chi connectivity index (χ1) is 9.96. The van der Waals surface area contributed by atoms with Crippen molar-refractivity contribution in [1.82, 2.24) is 4.90 Å². The van der Waals surface area contributed by atoms with E-state index in [9.17, 15) is 13.2 Å². The summed E-state index contributed by atoms with van der Waals surface area (Å²) in [6.07, 6.45) is 0.527. The molecule has 0 bridgehead atoms. The third-order valence-corrected chi connectivity index (χ3v) is 5.41. The number of carbonyl (C=O) groups excluding carboxylic acids is 1. The number of hydrogen-bond acceptors (Lipinski definition) is 4. The fraction of sp³-hybridized carbons (Fsp3) is 0.533. The summed E-state index contributed by atoms with van der Waals surface area (Å²) in [6, 6.07) is 6.75. The fourth-order valence-corrected chi connectivity index (χ4v) is 4.35. The van der Waals surface area contributed by atoms with Crippen LogP contribution in [0.25, 0.3) is 0 Å². The Kier molecular flexibility index (Phi) is 4.88. The Morgan fingerprint density at radius 2 is 1.95 bits per heavy atom. The molecule has 1 saturated heterocycles. The molecule has 1 aliphatic rings. The molecular formula is C15H21NO4S. The summed E-state index contributed by atoms with van der Waals surface area (Å²) < 4.78 is 28.5. The van der Waals surface area contributed by atoms with Gasteiger partial charge in [0.1, 0.15) is 5.75 Å². The average molecular weight is 311 g/mol. The molecule has 1 amide bonds. The Bertz CT molecular complexity index is 595. The summed E-state index contributed by atoms with van der Waals surface area (Å²) in [6.45, 7) is 4.86. The molecule has 0 N–H and O–H groups in total. The predicted octanol–water partition coefficient (Wildman–Crippen LogP) is 1.73. The first kappa shape index (κ1) is 15.8. The quantitative estimate of drug-likeness (QED) is 0.831. The number of benzene rings is 1. The number of amides is 1. The van der Waals surface area contributed by atoms with Gasteiger partial charge in [0.05, 0.1) is 18.1 Å². The van der Waals surface area contributed by atoms with Crippen LogP contribution in [0.1, 0.15) is 30.6 Å². The zero-order chi connectivity index (χ0) is 15.5. The smallest absolute Gasteiger partial charge is 0.254 e. The highest BCUT2D eigenvalue weighted by molar-refractivity contribution is 7.91. The van der Waals surface area contributed by atoms with Crippen LogP contribution in [0.15, 0.2) is 24.3 Å². The van der Waals surface area contributed by atoms with E-state index in [1.54, 1.807) is 29.2 Å². The maximum absolute atomic E-state index is 12.5. The second kappa shape index (κ2) is 6.47. The van der Waals surface area contributed by atoms with Crippen molar-refractivity contribution < 1.29 is 17.9 Å². The van der Waals surface area contributed by atoms with Crippen LogP contribution >= 0.6 is 0 Å². The number of nitrogens with zero attached hydrogens (tertiary/aromatic N) is 1. The lowest BCUT2D eigenvalue weighted by Crippen LogP contribution is -2.40. The molecule has 1 fully saturated rings. The fourth-order valence-electron chi connectivity index (χ4n) is 2.62. The number of ether oxygens (including phenoxy) is 1. The van der Waals surface area contributed by atoms with Crippen LogP contribution in [0, 0.1) is 0 Å². The van der Waals surface area contributed by atoms with Crippen molar-refractivity contribution in [2.45, 2.75) is 26.3 Å². The number of rotatable bonds is 5. The van der Waals surface area contributed by atoms with Crippen molar-refractivity contribution in [1.29, 1.82) is 0 Å². The van der Waals surface area contributed by atoms with E-state index in [0.29, 0.717) is 25.1 Å². The number of sulfone groups is 1. The van der Waals surface area contributed by atoms with Gasteiger partial charge < -0.3 is 9.64 Å². The van der Waals surface area contributed by atoms with Crippen LogP contribution in [0.2, 0.25) is 0 Å². The Morgan fingerprint density at radius 3 is 2.43 bits per heavy atom. The van der Waals surface area contributed by atoms with Crippen LogP contribution < -0.4 is 4.74 Å². The molecule has 0 spiro atoms. The van der Waals surface area contributed by atoms with Gasteiger partial charge in [-0.05, 0) is 44.5 Å². The van der Waals surface area contributed by atoms with Crippen molar-refractivity contribution >= 4 is 15.7 Å². The normalized spacial score (nSPS) is 20.2. The van der Waals surface area contributed by atoms with Crippen LogP contribution in [-0.2, 0) is 9.84 Å². The Hall–Kier alpha value is -1.56. The van der Waals surface area contributed by atoms with Crippen molar-refractivity contribution in [3.63, 3.8) is 0 Å². The highest BCUT2D eigenvalue weighted by atomic mass is 32.2. The molecule has 0 saturated carbocycles. The van der Waals surface area contributed by atoms with E-state index < -0.39 is 9.84 Å². The molecule has 0 aliphatic carbocycles. The Balaban J connectivity index is 2.13. The summed E-state index contributed by atoms with van der Waals surface area (Å²) in [5, 5.41) is 0. The lowest BCUT2D eigenvalue weighted by molar-refractivity contribution is 0.0708. The molecule has 1 aromatic carbocycles. The number of carbonyl (C=O) groups is 1. The minimum absolute atomic E-state index is 0.0730. The topological polar surface area (TPSA) is 63.7 Å². The molecule has 5 nitrogen and oxygen atoms in total. The maximum atomic E-state index is 12.5. The average Bonchev–Trinajstić information content (AvgIpc) is 2.81. The van der Waals surface area contributed by atoms with E-state index in [2.05, 4.69) is 0 Å². The first-order valence-electron chi connectivity index (χ1n) is 7.21. The van der Waals surface area contributed by atoms with Crippen LogP contribution in [-0.4, -0.2) is 49.9 Å². The Labute approximate surface area is 125 Å². The van der Waals surface area contributed by atoms with Crippen molar-refractivity contribution in [3.05, 3.63) is 29.8 Å². The summed E-state index contributed by atoms with van der Waals surface area (Å²) >= 11 is 0. The molecule has 1 atom stereocenters. The monoisotopic (exact) mass is 311 g/mol. The van der Waals surface area contributed by atoms with E-state index in [4.69, 9.17) is 4.74 Å². The van der Waals surface area contributed by atoms with Crippen LogP contribution in [0.3, 0.4) is 0 Å². The molecule has 116 valence electrons. The lowest BCUT2D eigenvalue weighted by atomic mass is 10.1. The predicted molar refractivity (Wildman–Crippen MR) is 81.4 cm³/mol. The van der Waals surface area contributed by atoms with Gasteiger partial charge in [0.25, 0.3) is 5.91 Å². The van der Waals surface area contributed by atoms with Crippen molar-refractivity contribution in [2.75, 3.05) is 24.7 Å². The van der Waals surface area contributed by atoms with Gasteiger partial charge >= 0.3 is 0 Å². The zero-order valence-electron chi connectivity index (χ0n) is 12.4. The van der Waals surface area contributed by atoms with E-state index in [1.807, 2.05) is 13.8 Å². The second-order valence-electron chi connectivity index (χ2n) is 5.11. The summed E-state index contributed by atoms with van der Waals surface area (Å²) in [4.78, 5) is 14.2. The molecule has 2 rings (SSSR count). The molecule has 0 unspecified atom stereocenters. The van der Waals surface area contributed by atoms with E-state index >= 15 is 0 Å². The first-order valence-corrected chi connectivity index (χ1v) is 9.03. The highest BCUT2D eigenvalue weighted by Crippen LogP contribution is 2.21. The van der Waals surface area contributed by atoms with Gasteiger partial charge in [-0.3, -0.25) is 4.79 Å². The third-order valence-electron chi connectivity index (χ3n) is 3.66. The lowest BCUT2D eigenvalue weighted by Gasteiger charge is -2.27. The molecule has 1 aliphatic heterocycles. The van der Waals surface area contributed by atoms with Gasteiger partial charge in [0, 0.05) is 18.2 Å². The molecule has 1 aromatic rings. The molecule has 0 aromatic heterocycles. The SMILES string of the molecule is CCOc1ccc(C(=O)N(CC)[C@H]2CCS(=O)(=O)C2)cc1. The highest BCUT2D eigenvalue weighted by Gasteiger charge is 2.34. The van der Waals surface area contributed by atoms with Gasteiger partial charge in [-0.25, -0.2) is 8.42 Å². The van der Waals surface area contributed by atoms with Gasteiger partial charge in [-0.1, -0.05) is 0 Å². The minimum atomic E-state index is -2.99. The Morgan fingerprint density at radius 1 is 1.29 bits per heavy atom. The van der Waals surface area contributed by atoms with Crippen LogP contribution in [0.4, 0.5) is 0 Å². The van der Waals surface area contributed by atoms with Crippen molar-refractivity contribution in [2.24, 2.45) is 0 Å². The van der Waals surface area contributed by atoms with E-state index in [-0.39, 0.29) is 23.5 Å². The molecule has 6 heteroatoms. The number of hydrogen-bond donors (Lipinski definition) is 0. The molecule has 1 heterocycles. The van der Waals surface area contributed by atoms with Gasteiger partial charge in [0.15, 0.2) is 9.84 Å². The largest absolute Gasteiger partial charge is 0.494 e. The van der Waals surface area contributed by atoms with Crippen molar-refractivity contribution in [3.8, 4) is 5.75 Å². The maximum Gasteiger partial charge on any atom is 0.254 e. The van der Waals surface area contributed by atoms with E-state index in [0.717, 1.165) is 5.75 Å².